The Balaban J connectivity index is 0.000000385. The van der Waals surface area contributed by atoms with E-state index in [0.717, 1.165) is 0 Å². The minimum atomic E-state index is -4.67. The van der Waals surface area contributed by atoms with Gasteiger partial charge in [-0.15, -0.1) is 0 Å². The summed E-state index contributed by atoms with van der Waals surface area (Å²) < 4.78 is 36.4. The second-order valence-electron chi connectivity index (χ2n) is 2.53. The number of hydrogen-bond acceptors (Lipinski definition) is 4. The molecule has 0 aliphatic heterocycles. The lowest BCUT2D eigenvalue weighted by Gasteiger charge is -1.99. The molecular weight excluding hydrogens is 236 g/mol. The van der Waals surface area contributed by atoms with Crippen LogP contribution in [0.1, 0.15) is 17.3 Å². The lowest BCUT2D eigenvalue weighted by Crippen LogP contribution is -2.03. The maximum Gasteiger partial charge on any atom is 0.394 e. The summed E-state index contributed by atoms with van der Waals surface area (Å²) in [7, 11) is -4.67. The van der Waals surface area contributed by atoms with Crippen LogP contribution < -0.4 is 0 Å². The normalized spacial score (nSPS) is 9.94. The second kappa shape index (κ2) is 6.94. The number of esters is 1. The van der Waals surface area contributed by atoms with Crippen molar-refractivity contribution in [3.63, 3.8) is 0 Å². The first-order valence-corrected chi connectivity index (χ1v) is 5.66. The third-order valence-corrected chi connectivity index (χ3v) is 1.28. The van der Waals surface area contributed by atoms with Crippen LogP contribution in [-0.4, -0.2) is 30.1 Å². The summed E-state index contributed by atoms with van der Waals surface area (Å²) in [6.07, 6.45) is 0. The third kappa shape index (κ3) is 9.13. The molecule has 1 aromatic carbocycles. The summed E-state index contributed by atoms with van der Waals surface area (Å²) in [5, 5.41) is 0. The molecule has 90 valence electrons. The molecule has 0 spiro atoms. The standard InChI is InChI=1S/C9H10O2.H2O4S/c1-2-11-9(10)8-6-4-3-5-7-8;1-5(2,3)4/h3-7H,2H2,1H3;(H2,1,2,3,4). The molecule has 1 rings (SSSR count). The Bertz CT molecular complexity index is 403. The highest BCUT2D eigenvalue weighted by atomic mass is 32.3. The van der Waals surface area contributed by atoms with Gasteiger partial charge in [-0.3, -0.25) is 9.11 Å². The maximum atomic E-state index is 11.0. The van der Waals surface area contributed by atoms with Crippen LogP contribution in [0.3, 0.4) is 0 Å². The minimum Gasteiger partial charge on any atom is -0.462 e. The molecule has 2 N–H and O–H groups in total. The fourth-order valence-electron chi connectivity index (χ4n) is 0.789. The van der Waals surface area contributed by atoms with E-state index in [1.807, 2.05) is 18.2 Å². The molecule has 0 amide bonds. The summed E-state index contributed by atoms with van der Waals surface area (Å²) >= 11 is 0. The van der Waals surface area contributed by atoms with Crippen LogP contribution in [0.2, 0.25) is 0 Å². The molecule has 7 heteroatoms. The summed E-state index contributed by atoms with van der Waals surface area (Å²) in [6.45, 7) is 2.22. The van der Waals surface area contributed by atoms with Gasteiger partial charge in [-0.1, -0.05) is 18.2 Å². The molecule has 0 aromatic heterocycles. The van der Waals surface area contributed by atoms with Crippen molar-refractivity contribution < 1.29 is 27.1 Å². The van der Waals surface area contributed by atoms with E-state index in [1.165, 1.54) is 0 Å². The van der Waals surface area contributed by atoms with E-state index in [0.29, 0.717) is 12.2 Å². The molecule has 0 saturated carbocycles. The molecule has 16 heavy (non-hydrogen) atoms. The van der Waals surface area contributed by atoms with Crippen LogP contribution in [0.5, 0.6) is 0 Å². The monoisotopic (exact) mass is 248 g/mol. The van der Waals surface area contributed by atoms with E-state index in [-0.39, 0.29) is 5.97 Å². The van der Waals surface area contributed by atoms with Gasteiger partial charge in [0.15, 0.2) is 0 Å². The Morgan fingerprint density at radius 3 is 2.06 bits per heavy atom. The van der Waals surface area contributed by atoms with Crippen LogP contribution in [0, 0.1) is 0 Å². The van der Waals surface area contributed by atoms with E-state index in [1.54, 1.807) is 19.1 Å². The van der Waals surface area contributed by atoms with Gasteiger partial charge in [0.05, 0.1) is 12.2 Å². The fraction of sp³-hybridized carbons (Fsp3) is 0.222. The van der Waals surface area contributed by atoms with Crippen molar-refractivity contribution in [2.45, 2.75) is 6.92 Å². The molecule has 0 unspecified atom stereocenters. The predicted molar refractivity (Wildman–Crippen MR) is 56.6 cm³/mol. The summed E-state index contributed by atoms with van der Waals surface area (Å²) in [6, 6.07) is 8.96. The molecule has 0 atom stereocenters. The summed E-state index contributed by atoms with van der Waals surface area (Å²) in [4.78, 5) is 11.0. The molecule has 0 radical (unpaired) electrons. The molecular formula is C9H12O6S. The molecule has 0 bridgehead atoms. The highest BCUT2D eigenvalue weighted by Gasteiger charge is 2.02. The van der Waals surface area contributed by atoms with Crippen LogP contribution in [-0.2, 0) is 15.1 Å². The van der Waals surface area contributed by atoms with Gasteiger partial charge < -0.3 is 4.74 Å². The summed E-state index contributed by atoms with van der Waals surface area (Å²) in [5.74, 6) is -0.256. The minimum absolute atomic E-state index is 0.256. The quantitative estimate of drug-likeness (QED) is 0.602. The molecule has 0 aliphatic rings. The van der Waals surface area contributed by atoms with E-state index in [9.17, 15) is 4.79 Å². The van der Waals surface area contributed by atoms with Crippen LogP contribution in [0.15, 0.2) is 30.3 Å². The van der Waals surface area contributed by atoms with Gasteiger partial charge in [0, 0.05) is 0 Å². The van der Waals surface area contributed by atoms with Gasteiger partial charge in [0.2, 0.25) is 0 Å². The van der Waals surface area contributed by atoms with Crippen LogP contribution in [0.25, 0.3) is 0 Å². The molecule has 0 heterocycles. The number of benzene rings is 1. The van der Waals surface area contributed by atoms with Crippen molar-refractivity contribution in [3.05, 3.63) is 35.9 Å². The zero-order valence-corrected chi connectivity index (χ0v) is 9.35. The molecule has 1 aromatic rings. The molecule has 6 nitrogen and oxygen atoms in total. The first kappa shape index (κ1) is 14.6. The maximum absolute atomic E-state index is 11.0. The molecule has 0 aliphatic carbocycles. The van der Waals surface area contributed by atoms with Gasteiger partial charge in [-0.2, -0.15) is 8.42 Å². The van der Waals surface area contributed by atoms with E-state index in [4.69, 9.17) is 22.3 Å². The van der Waals surface area contributed by atoms with E-state index >= 15 is 0 Å². The predicted octanol–water partition coefficient (Wildman–Crippen LogP) is 1.21. The van der Waals surface area contributed by atoms with Gasteiger partial charge in [0.25, 0.3) is 0 Å². The number of ether oxygens (including phenoxy) is 1. The average Bonchev–Trinajstić information content (AvgIpc) is 2.17. The van der Waals surface area contributed by atoms with E-state index < -0.39 is 10.4 Å². The molecule has 0 saturated heterocycles. The summed E-state index contributed by atoms with van der Waals surface area (Å²) in [5.41, 5.74) is 0.606. The van der Waals surface area contributed by atoms with Crippen molar-refractivity contribution in [2.75, 3.05) is 6.61 Å². The Labute approximate surface area is 93.4 Å². The van der Waals surface area contributed by atoms with Crippen molar-refractivity contribution in [1.82, 2.24) is 0 Å². The van der Waals surface area contributed by atoms with Crippen LogP contribution >= 0.6 is 0 Å². The zero-order valence-electron chi connectivity index (χ0n) is 8.53. The highest BCUT2D eigenvalue weighted by Crippen LogP contribution is 1.99. The first-order valence-electron chi connectivity index (χ1n) is 4.26. The number of carbonyl (C=O) groups excluding carboxylic acids is 1. The Hall–Kier alpha value is -1.44. The fourth-order valence-corrected chi connectivity index (χ4v) is 0.789. The van der Waals surface area contributed by atoms with Crippen molar-refractivity contribution in [3.8, 4) is 0 Å². The van der Waals surface area contributed by atoms with Gasteiger partial charge in [0.1, 0.15) is 0 Å². The van der Waals surface area contributed by atoms with Gasteiger partial charge >= 0.3 is 16.4 Å². The zero-order chi connectivity index (χ0) is 12.6. The number of carbonyl (C=O) groups is 1. The lowest BCUT2D eigenvalue weighted by atomic mass is 10.2. The Morgan fingerprint density at radius 1 is 1.25 bits per heavy atom. The van der Waals surface area contributed by atoms with Gasteiger partial charge in [-0.05, 0) is 19.1 Å². The third-order valence-electron chi connectivity index (χ3n) is 1.28. The molecule has 0 fully saturated rings. The van der Waals surface area contributed by atoms with Crippen molar-refractivity contribution in [2.24, 2.45) is 0 Å². The van der Waals surface area contributed by atoms with Crippen molar-refractivity contribution in [1.29, 1.82) is 0 Å². The number of hydrogen-bond donors (Lipinski definition) is 2. The van der Waals surface area contributed by atoms with Crippen LogP contribution in [0.4, 0.5) is 0 Å². The number of rotatable bonds is 2. The average molecular weight is 248 g/mol. The van der Waals surface area contributed by atoms with E-state index in [2.05, 4.69) is 0 Å². The SMILES string of the molecule is CCOC(=O)c1ccccc1.O=S(=O)(O)O. The largest absolute Gasteiger partial charge is 0.462 e. The highest BCUT2D eigenvalue weighted by molar-refractivity contribution is 7.79. The smallest absolute Gasteiger partial charge is 0.394 e. The Morgan fingerprint density at radius 2 is 1.69 bits per heavy atom. The van der Waals surface area contributed by atoms with Gasteiger partial charge in [-0.25, -0.2) is 4.79 Å². The lowest BCUT2D eigenvalue weighted by molar-refractivity contribution is 0.0526. The topological polar surface area (TPSA) is 101 Å². The first-order chi connectivity index (χ1) is 7.34. The Kier molecular flexibility index (Phi) is 6.31. The second-order valence-corrected chi connectivity index (χ2v) is 3.43. The van der Waals surface area contributed by atoms with Crippen molar-refractivity contribution >= 4 is 16.4 Å².